The number of carbonyl (C=O) groups is 3. The van der Waals surface area contributed by atoms with Crippen LogP contribution in [0.4, 0.5) is 0 Å². The number of benzene rings is 1. The maximum Gasteiger partial charge on any atom is 0.705 e. The van der Waals surface area contributed by atoms with Crippen LogP contribution in [-0.4, -0.2) is 33.3 Å². The Morgan fingerprint density at radius 1 is 0.778 bits per heavy atom. The summed E-state index contributed by atoms with van der Waals surface area (Å²) in [4.78, 5) is 34.6. The van der Waals surface area contributed by atoms with Gasteiger partial charge in [-0.05, 0) is 61.6 Å². The average molecular weight is 521 g/mol. The Labute approximate surface area is 217 Å². The summed E-state index contributed by atoms with van der Waals surface area (Å²) in [6.07, 6.45) is 13.8. The van der Waals surface area contributed by atoms with Crippen LogP contribution in [0.3, 0.4) is 0 Å². The Balaban J connectivity index is 1.78. The maximum absolute atomic E-state index is 11.5. The van der Waals surface area contributed by atoms with Crippen molar-refractivity contribution < 1.29 is 32.4 Å². The number of ether oxygens (including phenoxy) is 1. The van der Waals surface area contributed by atoms with Crippen molar-refractivity contribution in [1.82, 2.24) is 0 Å². The van der Waals surface area contributed by atoms with E-state index in [9.17, 15) is 14.4 Å². The third-order valence-corrected chi connectivity index (χ3v) is 9.47. The second kappa shape index (κ2) is 15.7. The highest BCUT2D eigenvalue weighted by molar-refractivity contribution is 6.65. The lowest BCUT2D eigenvalue weighted by atomic mass is 9.77. The fourth-order valence-electron chi connectivity index (χ4n) is 5.01. The van der Waals surface area contributed by atoms with E-state index in [1.54, 1.807) is 0 Å². The van der Waals surface area contributed by atoms with E-state index in [-0.39, 0.29) is 6.04 Å². The summed E-state index contributed by atoms with van der Waals surface area (Å²) in [7, 11) is -3.80. The van der Waals surface area contributed by atoms with E-state index in [4.69, 9.17) is 18.0 Å². The third kappa shape index (κ3) is 11.1. The van der Waals surface area contributed by atoms with Crippen LogP contribution in [0, 0.1) is 5.92 Å². The van der Waals surface area contributed by atoms with Gasteiger partial charge in [0.15, 0.2) is 0 Å². The molecule has 0 aliphatic heterocycles. The van der Waals surface area contributed by atoms with Gasteiger partial charge in [-0.1, -0.05) is 57.6 Å². The van der Waals surface area contributed by atoms with Gasteiger partial charge in [-0.25, -0.2) is 0 Å². The highest BCUT2D eigenvalue weighted by atomic mass is 28.4. The fourth-order valence-corrected chi connectivity index (χ4v) is 7.33. The first-order valence-electron chi connectivity index (χ1n) is 13.5. The summed E-state index contributed by atoms with van der Waals surface area (Å²) >= 11 is 0. The summed E-state index contributed by atoms with van der Waals surface area (Å²) in [5, 5.41) is 0. The smallest absolute Gasteiger partial charge is 0.494 e. The molecule has 0 unspecified atom stereocenters. The van der Waals surface area contributed by atoms with Gasteiger partial charge in [0.1, 0.15) is 5.75 Å². The molecule has 1 aliphatic carbocycles. The minimum atomic E-state index is -3.80. The molecule has 2 rings (SSSR count). The van der Waals surface area contributed by atoms with Gasteiger partial charge in [0.05, 0.1) is 12.7 Å². The van der Waals surface area contributed by atoms with E-state index in [0.29, 0.717) is 18.9 Å². The molecule has 0 saturated heterocycles. The van der Waals surface area contributed by atoms with Crippen LogP contribution in [0.1, 0.15) is 110 Å². The van der Waals surface area contributed by atoms with E-state index in [2.05, 4.69) is 19.1 Å². The van der Waals surface area contributed by atoms with Gasteiger partial charge >= 0.3 is 8.80 Å². The van der Waals surface area contributed by atoms with E-state index < -0.39 is 26.7 Å². The lowest BCUT2D eigenvalue weighted by Crippen LogP contribution is -2.49. The van der Waals surface area contributed by atoms with Crippen LogP contribution in [0.5, 0.6) is 5.75 Å². The van der Waals surface area contributed by atoms with Gasteiger partial charge in [-0.2, -0.15) is 0 Å². The molecule has 0 heterocycles. The molecule has 0 atom stereocenters. The van der Waals surface area contributed by atoms with E-state index in [1.807, 2.05) is 12.1 Å². The largest absolute Gasteiger partial charge is 0.705 e. The standard InChI is InChI=1S/C28H44O7Si/c1-5-6-7-8-9-11-25-12-14-26(15-13-25)27-16-18-28(19-17-27)32-20-10-21-36(33-22(2)29,34-23(3)30)35-24(4)31/h16-19,25-26H,5-15,20-21H2,1-4H3. The Bertz CT molecular complexity index is 775. The number of rotatable bonds is 15. The summed E-state index contributed by atoms with van der Waals surface area (Å²) in [5.41, 5.74) is 1.37. The van der Waals surface area contributed by atoms with Gasteiger partial charge in [0, 0.05) is 20.8 Å². The molecule has 1 saturated carbocycles. The van der Waals surface area contributed by atoms with E-state index >= 15 is 0 Å². The molecular weight excluding hydrogens is 476 g/mol. The van der Waals surface area contributed by atoms with Crippen LogP contribution in [-0.2, 0) is 27.7 Å². The number of unbranched alkanes of at least 4 members (excludes halogenated alkanes) is 4. The van der Waals surface area contributed by atoms with Crippen LogP contribution in [0.2, 0.25) is 6.04 Å². The minimum Gasteiger partial charge on any atom is -0.494 e. The fraction of sp³-hybridized carbons (Fsp3) is 0.679. The van der Waals surface area contributed by atoms with Crippen LogP contribution < -0.4 is 4.74 Å². The Kier molecular flexibility index (Phi) is 13.0. The first kappa shape index (κ1) is 29.9. The van der Waals surface area contributed by atoms with Crippen molar-refractivity contribution in [3.05, 3.63) is 29.8 Å². The molecule has 1 aromatic rings. The van der Waals surface area contributed by atoms with Crippen LogP contribution in [0.15, 0.2) is 24.3 Å². The molecule has 0 bridgehead atoms. The topological polar surface area (TPSA) is 88.1 Å². The lowest BCUT2D eigenvalue weighted by Gasteiger charge is -2.29. The molecule has 7 nitrogen and oxygen atoms in total. The summed E-state index contributed by atoms with van der Waals surface area (Å²) in [6.45, 7) is 6.14. The maximum atomic E-state index is 11.5. The first-order chi connectivity index (χ1) is 17.2. The SMILES string of the molecule is CCCCCCCC1CCC(c2ccc(OCCC[Si](OC(C)=O)(OC(C)=O)OC(C)=O)cc2)CC1. The Hall–Kier alpha value is -2.35. The monoisotopic (exact) mass is 520 g/mol. The van der Waals surface area contributed by atoms with Gasteiger partial charge in [0.2, 0.25) is 0 Å². The minimum absolute atomic E-state index is 0.103. The molecule has 0 spiro atoms. The predicted octanol–water partition coefficient (Wildman–Crippen LogP) is 6.72. The zero-order valence-electron chi connectivity index (χ0n) is 22.5. The van der Waals surface area contributed by atoms with Crippen molar-refractivity contribution in [3.63, 3.8) is 0 Å². The Morgan fingerprint density at radius 3 is 1.86 bits per heavy atom. The van der Waals surface area contributed by atoms with Gasteiger partial charge in [0.25, 0.3) is 17.9 Å². The molecule has 0 N–H and O–H groups in total. The highest BCUT2D eigenvalue weighted by Gasteiger charge is 2.51. The van der Waals surface area contributed by atoms with Crippen molar-refractivity contribution in [2.24, 2.45) is 5.92 Å². The van der Waals surface area contributed by atoms with Crippen molar-refractivity contribution in [2.75, 3.05) is 6.61 Å². The van der Waals surface area contributed by atoms with Gasteiger partial charge in [-0.3, -0.25) is 14.4 Å². The normalized spacial score (nSPS) is 17.8. The van der Waals surface area contributed by atoms with E-state index in [1.165, 1.54) is 90.5 Å². The Morgan fingerprint density at radius 2 is 1.33 bits per heavy atom. The highest BCUT2D eigenvalue weighted by Crippen LogP contribution is 2.38. The van der Waals surface area contributed by atoms with Gasteiger partial charge < -0.3 is 18.0 Å². The van der Waals surface area contributed by atoms with Gasteiger partial charge in [-0.15, -0.1) is 0 Å². The zero-order chi connectivity index (χ0) is 26.4. The van der Waals surface area contributed by atoms with Crippen molar-refractivity contribution in [3.8, 4) is 5.75 Å². The molecule has 1 fully saturated rings. The van der Waals surface area contributed by atoms with Crippen LogP contribution >= 0.6 is 0 Å². The summed E-state index contributed by atoms with van der Waals surface area (Å²) in [5.74, 6) is 0.273. The summed E-state index contributed by atoms with van der Waals surface area (Å²) < 4.78 is 21.4. The molecule has 1 aromatic carbocycles. The predicted molar refractivity (Wildman–Crippen MR) is 140 cm³/mol. The molecule has 0 amide bonds. The molecule has 8 heteroatoms. The van der Waals surface area contributed by atoms with E-state index in [0.717, 1.165) is 11.7 Å². The molecule has 0 radical (unpaired) electrons. The first-order valence-corrected chi connectivity index (χ1v) is 15.5. The molecular formula is C28H44O7Si. The number of hydrogen-bond acceptors (Lipinski definition) is 7. The lowest BCUT2D eigenvalue weighted by molar-refractivity contribution is -0.147. The molecule has 202 valence electrons. The molecule has 0 aromatic heterocycles. The second-order valence-corrected chi connectivity index (χ2v) is 12.4. The second-order valence-electron chi connectivity index (χ2n) is 9.91. The average Bonchev–Trinajstić information content (AvgIpc) is 2.81. The van der Waals surface area contributed by atoms with Crippen molar-refractivity contribution >= 4 is 26.7 Å². The van der Waals surface area contributed by atoms with Crippen molar-refractivity contribution in [1.29, 1.82) is 0 Å². The molecule has 1 aliphatic rings. The molecule has 36 heavy (non-hydrogen) atoms. The number of carbonyl (C=O) groups excluding carboxylic acids is 3. The third-order valence-electron chi connectivity index (χ3n) is 6.71. The summed E-state index contributed by atoms with van der Waals surface area (Å²) in [6, 6.07) is 8.39. The zero-order valence-corrected chi connectivity index (χ0v) is 23.5. The van der Waals surface area contributed by atoms with Crippen LogP contribution in [0.25, 0.3) is 0 Å². The quantitative estimate of drug-likeness (QED) is 0.187. The van der Waals surface area contributed by atoms with Crippen molar-refractivity contribution in [2.45, 2.75) is 110 Å². The number of hydrogen-bond donors (Lipinski definition) is 0.